The number of rotatable bonds is 3. The van der Waals surface area contributed by atoms with Gasteiger partial charge in [0.05, 0.1) is 6.10 Å². The minimum absolute atomic E-state index is 0.392. The molecule has 1 aliphatic heterocycles. The Balaban J connectivity index is 1.82. The van der Waals surface area contributed by atoms with E-state index < -0.39 is 0 Å². The first-order valence-corrected chi connectivity index (χ1v) is 7.62. The van der Waals surface area contributed by atoms with Gasteiger partial charge in [-0.2, -0.15) is 11.8 Å². The number of hydrogen-bond donors (Lipinski definition) is 1. The largest absolute Gasteiger partial charge is 0.381 e. The van der Waals surface area contributed by atoms with E-state index in [0.717, 1.165) is 25.6 Å². The molecule has 0 aromatic heterocycles. The molecule has 2 unspecified atom stereocenters. The highest BCUT2D eigenvalue weighted by molar-refractivity contribution is 7.99. The van der Waals surface area contributed by atoms with Crippen LogP contribution in [0.25, 0.3) is 0 Å². The third-order valence-electron chi connectivity index (χ3n) is 3.71. The second-order valence-electron chi connectivity index (χ2n) is 4.76. The highest BCUT2D eigenvalue weighted by Gasteiger charge is 2.26. The van der Waals surface area contributed by atoms with Crippen molar-refractivity contribution in [3.63, 3.8) is 0 Å². The molecule has 0 aromatic rings. The summed E-state index contributed by atoms with van der Waals surface area (Å²) in [6.45, 7) is 2.91. The van der Waals surface area contributed by atoms with E-state index in [0.29, 0.717) is 12.0 Å². The average Bonchev–Trinajstić information content (AvgIpc) is 2.84. The summed E-state index contributed by atoms with van der Waals surface area (Å²) >= 11 is 1.99. The van der Waals surface area contributed by atoms with Crippen LogP contribution in [-0.2, 0) is 4.74 Å². The van der Waals surface area contributed by atoms with E-state index in [1.807, 2.05) is 11.8 Å². The van der Waals surface area contributed by atoms with Crippen molar-refractivity contribution in [3.05, 3.63) is 0 Å². The molecule has 2 fully saturated rings. The molecule has 2 aliphatic rings. The SMILES string of the molecule is COC1CCCC1CN=C(N)N1CCSCC1. The van der Waals surface area contributed by atoms with Gasteiger partial charge < -0.3 is 15.4 Å². The Morgan fingerprint density at radius 1 is 1.41 bits per heavy atom. The Hall–Kier alpha value is -0.420. The van der Waals surface area contributed by atoms with Crippen molar-refractivity contribution in [2.75, 3.05) is 38.2 Å². The van der Waals surface area contributed by atoms with Crippen molar-refractivity contribution >= 4 is 17.7 Å². The number of nitrogens with two attached hydrogens (primary N) is 1. The zero-order valence-corrected chi connectivity index (χ0v) is 11.4. The van der Waals surface area contributed by atoms with E-state index in [9.17, 15) is 0 Å². The second-order valence-corrected chi connectivity index (χ2v) is 5.99. The zero-order valence-electron chi connectivity index (χ0n) is 10.6. The van der Waals surface area contributed by atoms with Gasteiger partial charge in [0.15, 0.2) is 5.96 Å². The van der Waals surface area contributed by atoms with Gasteiger partial charge in [0.25, 0.3) is 0 Å². The fraction of sp³-hybridized carbons (Fsp3) is 0.917. The molecule has 4 nitrogen and oxygen atoms in total. The lowest BCUT2D eigenvalue weighted by Gasteiger charge is -2.27. The fourth-order valence-electron chi connectivity index (χ4n) is 2.63. The smallest absolute Gasteiger partial charge is 0.191 e. The maximum Gasteiger partial charge on any atom is 0.191 e. The number of ether oxygens (including phenoxy) is 1. The van der Waals surface area contributed by atoms with Crippen LogP contribution in [0.3, 0.4) is 0 Å². The minimum Gasteiger partial charge on any atom is -0.381 e. The van der Waals surface area contributed by atoms with Crippen LogP contribution >= 0.6 is 11.8 Å². The van der Waals surface area contributed by atoms with Crippen molar-refractivity contribution in [3.8, 4) is 0 Å². The molecule has 1 saturated carbocycles. The molecule has 2 N–H and O–H groups in total. The molecular formula is C12H23N3OS. The molecule has 0 radical (unpaired) electrons. The molecule has 1 saturated heterocycles. The molecule has 0 spiro atoms. The molecule has 17 heavy (non-hydrogen) atoms. The average molecular weight is 257 g/mol. The van der Waals surface area contributed by atoms with Gasteiger partial charge in [-0.3, -0.25) is 4.99 Å². The molecule has 1 aliphatic carbocycles. The van der Waals surface area contributed by atoms with Crippen molar-refractivity contribution in [1.82, 2.24) is 4.90 Å². The molecule has 2 atom stereocenters. The van der Waals surface area contributed by atoms with Crippen LogP contribution in [0.1, 0.15) is 19.3 Å². The predicted molar refractivity (Wildman–Crippen MR) is 73.5 cm³/mol. The Bertz CT molecular complexity index is 266. The summed E-state index contributed by atoms with van der Waals surface area (Å²) in [6.07, 6.45) is 4.06. The molecule has 2 rings (SSSR count). The Morgan fingerprint density at radius 3 is 2.88 bits per heavy atom. The van der Waals surface area contributed by atoms with Crippen LogP contribution in [0.2, 0.25) is 0 Å². The number of methoxy groups -OCH3 is 1. The lowest BCUT2D eigenvalue weighted by Crippen LogP contribution is -2.43. The van der Waals surface area contributed by atoms with Crippen molar-refractivity contribution in [2.24, 2.45) is 16.6 Å². The summed E-state index contributed by atoms with van der Waals surface area (Å²) in [5.41, 5.74) is 6.04. The molecule has 1 heterocycles. The Kier molecular flexibility index (Phi) is 4.98. The normalized spacial score (nSPS) is 30.9. The first-order chi connectivity index (χ1) is 8.31. The van der Waals surface area contributed by atoms with Gasteiger partial charge in [-0.05, 0) is 12.8 Å². The highest BCUT2D eigenvalue weighted by atomic mass is 32.2. The van der Waals surface area contributed by atoms with Crippen LogP contribution in [-0.4, -0.2) is 55.2 Å². The zero-order chi connectivity index (χ0) is 12.1. The molecular weight excluding hydrogens is 234 g/mol. The molecule has 5 heteroatoms. The summed E-state index contributed by atoms with van der Waals surface area (Å²) in [4.78, 5) is 6.76. The standard InChI is InChI=1S/C12H23N3OS/c1-16-11-4-2-3-10(11)9-14-12(13)15-5-7-17-8-6-15/h10-11H,2-9H2,1H3,(H2,13,14). The monoisotopic (exact) mass is 257 g/mol. The van der Waals surface area contributed by atoms with Gasteiger partial charge in [-0.1, -0.05) is 6.42 Å². The van der Waals surface area contributed by atoms with Crippen LogP contribution < -0.4 is 5.73 Å². The van der Waals surface area contributed by atoms with E-state index in [-0.39, 0.29) is 0 Å². The van der Waals surface area contributed by atoms with Crippen LogP contribution in [0.5, 0.6) is 0 Å². The number of nitrogens with zero attached hydrogens (tertiary/aromatic N) is 2. The van der Waals surface area contributed by atoms with Crippen LogP contribution in [0.15, 0.2) is 4.99 Å². The summed E-state index contributed by atoms with van der Waals surface area (Å²) in [5.74, 6) is 3.63. The van der Waals surface area contributed by atoms with Gasteiger partial charge in [0, 0.05) is 44.2 Å². The minimum atomic E-state index is 0.392. The number of aliphatic imine (C=N–C) groups is 1. The van der Waals surface area contributed by atoms with Gasteiger partial charge in [-0.15, -0.1) is 0 Å². The second kappa shape index (κ2) is 6.50. The molecule has 0 bridgehead atoms. The number of guanidine groups is 1. The summed E-state index contributed by atoms with van der Waals surface area (Å²) in [6, 6.07) is 0. The number of hydrogen-bond acceptors (Lipinski definition) is 3. The Labute approximate surface area is 108 Å². The van der Waals surface area contributed by atoms with E-state index >= 15 is 0 Å². The lowest BCUT2D eigenvalue weighted by molar-refractivity contribution is 0.0742. The maximum absolute atomic E-state index is 6.04. The summed E-state index contributed by atoms with van der Waals surface area (Å²) in [7, 11) is 1.80. The van der Waals surface area contributed by atoms with E-state index in [2.05, 4.69) is 9.89 Å². The van der Waals surface area contributed by atoms with Crippen LogP contribution in [0.4, 0.5) is 0 Å². The Morgan fingerprint density at radius 2 is 2.18 bits per heavy atom. The summed E-state index contributed by atoms with van der Waals surface area (Å²) in [5, 5.41) is 0. The summed E-state index contributed by atoms with van der Waals surface area (Å²) < 4.78 is 5.47. The molecule has 98 valence electrons. The van der Waals surface area contributed by atoms with E-state index in [4.69, 9.17) is 10.5 Å². The lowest BCUT2D eigenvalue weighted by atomic mass is 10.1. The van der Waals surface area contributed by atoms with Gasteiger partial charge in [0.2, 0.25) is 0 Å². The third kappa shape index (κ3) is 3.52. The molecule has 0 amide bonds. The van der Waals surface area contributed by atoms with Gasteiger partial charge >= 0.3 is 0 Å². The van der Waals surface area contributed by atoms with Gasteiger partial charge in [0.1, 0.15) is 0 Å². The van der Waals surface area contributed by atoms with Gasteiger partial charge in [-0.25, -0.2) is 0 Å². The quantitative estimate of drug-likeness (QED) is 0.609. The fourth-order valence-corrected chi connectivity index (χ4v) is 3.53. The van der Waals surface area contributed by atoms with Crippen molar-refractivity contribution in [2.45, 2.75) is 25.4 Å². The van der Waals surface area contributed by atoms with E-state index in [1.54, 1.807) is 7.11 Å². The predicted octanol–water partition coefficient (Wildman–Crippen LogP) is 1.17. The topological polar surface area (TPSA) is 50.9 Å². The maximum atomic E-state index is 6.04. The van der Waals surface area contributed by atoms with Crippen molar-refractivity contribution in [1.29, 1.82) is 0 Å². The third-order valence-corrected chi connectivity index (χ3v) is 4.66. The molecule has 0 aromatic carbocycles. The van der Waals surface area contributed by atoms with E-state index in [1.165, 1.54) is 30.8 Å². The highest BCUT2D eigenvalue weighted by Crippen LogP contribution is 2.27. The van der Waals surface area contributed by atoms with Crippen molar-refractivity contribution < 1.29 is 4.74 Å². The number of thioether (sulfide) groups is 1. The first-order valence-electron chi connectivity index (χ1n) is 6.46. The van der Waals surface area contributed by atoms with Crippen LogP contribution in [0, 0.1) is 5.92 Å². The first kappa shape index (κ1) is 13.0.